The summed E-state index contributed by atoms with van der Waals surface area (Å²) in [4.78, 5) is 23.8. The number of allylic oxidation sites excluding steroid dienone is 2. The highest BCUT2D eigenvalue weighted by molar-refractivity contribution is 6.02. The Hall–Kier alpha value is -2.82. The van der Waals surface area contributed by atoms with Gasteiger partial charge in [0.2, 0.25) is 5.91 Å². The molecule has 5 heteroatoms. The van der Waals surface area contributed by atoms with Gasteiger partial charge in [0.15, 0.2) is 5.76 Å². The number of nitrogens with one attached hydrogen (secondary N) is 2. The number of carbonyl (C=O) groups excluding carboxylic acids is 2. The highest BCUT2D eigenvalue weighted by Gasteiger charge is 2.13. The molecule has 0 spiro atoms. The quantitative estimate of drug-likeness (QED) is 0.799. The second kappa shape index (κ2) is 7.64. The Morgan fingerprint density at radius 3 is 2.67 bits per heavy atom. The largest absolute Gasteiger partial charge is 0.459 e. The standard InChI is InChI=1S/C19H20N2O3/c22-18(12-14-4-1-2-5-14)20-13-15-7-9-16(10-8-15)21-19(23)17-6-3-11-24-17/h1,3-4,6-11,14H,2,5,12-13H2,(H,20,22)(H,21,23). The van der Waals surface area contributed by atoms with E-state index in [-0.39, 0.29) is 17.6 Å². The average molecular weight is 324 g/mol. The van der Waals surface area contributed by atoms with Crippen LogP contribution in [0.15, 0.2) is 59.2 Å². The molecule has 1 aromatic heterocycles. The molecule has 1 unspecified atom stereocenters. The molecule has 0 fully saturated rings. The van der Waals surface area contributed by atoms with Gasteiger partial charge in [-0.1, -0.05) is 24.3 Å². The number of benzene rings is 1. The van der Waals surface area contributed by atoms with Gasteiger partial charge in [-0.25, -0.2) is 0 Å². The third-order valence-corrected chi connectivity index (χ3v) is 4.01. The van der Waals surface area contributed by atoms with Gasteiger partial charge in [0.05, 0.1) is 6.26 Å². The second-order valence-electron chi connectivity index (χ2n) is 5.87. The van der Waals surface area contributed by atoms with Crippen molar-refractivity contribution in [1.29, 1.82) is 0 Å². The molecule has 1 atom stereocenters. The van der Waals surface area contributed by atoms with E-state index in [1.165, 1.54) is 6.26 Å². The summed E-state index contributed by atoms with van der Waals surface area (Å²) in [7, 11) is 0. The smallest absolute Gasteiger partial charge is 0.291 e. The minimum absolute atomic E-state index is 0.0711. The van der Waals surface area contributed by atoms with E-state index in [0.29, 0.717) is 24.6 Å². The Labute approximate surface area is 140 Å². The van der Waals surface area contributed by atoms with E-state index in [2.05, 4.69) is 22.8 Å². The topological polar surface area (TPSA) is 71.3 Å². The summed E-state index contributed by atoms with van der Waals surface area (Å²) in [5, 5.41) is 5.69. The molecule has 0 saturated carbocycles. The van der Waals surface area contributed by atoms with Crippen molar-refractivity contribution in [2.75, 3.05) is 5.32 Å². The molecular formula is C19H20N2O3. The maximum Gasteiger partial charge on any atom is 0.291 e. The van der Waals surface area contributed by atoms with E-state index < -0.39 is 0 Å². The highest BCUT2D eigenvalue weighted by atomic mass is 16.3. The molecule has 124 valence electrons. The molecule has 1 aliphatic carbocycles. The van der Waals surface area contributed by atoms with Crippen LogP contribution < -0.4 is 10.6 Å². The molecule has 1 aromatic carbocycles. The molecule has 2 amide bonds. The Morgan fingerprint density at radius 1 is 1.17 bits per heavy atom. The number of furan rings is 1. The fourth-order valence-electron chi connectivity index (χ4n) is 2.68. The number of amides is 2. The zero-order valence-corrected chi connectivity index (χ0v) is 13.3. The van der Waals surface area contributed by atoms with Crippen LogP contribution in [0.4, 0.5) is 5.69 Å². The molecule has 5 nitrogen and oxygen atoms in total. The summed E-state index contributed by atoms with van der Waals surface area (Å²) in [5.41, 5.74) is 1.67. The number of hydrogen-bond acceptors (Lipinski definition) is 3. The Balaban J connectivity index is 1.46. The molecular weight excluding hydrogens is 304 g/mol. The van der Waals surface area contributed by atoms with Crippen molar-refractivity contribution < 1.29 is 14.0 Å². The lowest BCUT2D eigenvalue weighted by Gasteiger charge is -2.09. The SMILES string of the molecule is O=C(CC1C=CCC1)NCc1ccc(NC(=O)c2ccco2)cc1. The second-order valence-corrected chi connectivity index (χ2v) is 5.87. The van der Waals surface area contributed by atoms with Crippen molar-refractivity contribution in [3.05, 3.63) is 66.1 Å². The van der Waals surface area contributed by atoms with Crippen molar-refractivity contribution in [3.63, 3.8) is 0 Å². The van der Waals surface area contributed by atoms with Gasteiger partial charge in [-0.15, -0.1) is 0 Å². The van der Waals surface area contributed by atoms with Crippen molar-refractivity contribution in [2.45, 2.75) is 25.8 Å². The summed E-state index contributed by atoms with van der Waals surface area (Å²) in [6.07, 6.45) is 8.40. The van der Waals surface area contributed by atoms with Gasteiger partial charge in [0.1, 0.15) is 0 Å². The molecule has 1 aliphatic rings. The molecule has 2 aromatic rings. The minimum Gasteiger partial charge on any atom is -0.459 e. The fraction of sp³-hybridized carbons (Fsp3) is 0.263. The summed E-state index contributed by atoms with van der Waals surface area (Å²) in [6.45, 7) is 0.488. The lowest BCUT2D eigenvalue weighted by molar-refractivity contribution is -0.121. The van der Waals surface area contributed by atoms with Crippen LogP contribution in [0.1, 0.15) is 35.4 Å². The normalized spacial score (nSPS) is 16.1. The van der Waals surface area contributed by atoms with Crippen LogP contribution in [-0.4, -0.2) is 11.8 Å². The molecule has 0 aliphatic heterocycles. The Bertz CT molecular complexity index is 718. The molecule has 2 N–H and O–H groups in total. The Kier molecular flexibility index (Phi) is 5.11. The molecule has 1 heterocycles. The van der Waals surface area contributed by atoms with E-state index >= 15 is 0 Å². The van der Waals surface area contributed by atoms with Crippen LogP contribution in [0.3, 0.4) is 0 Å². The van der Waals surface area contributed by atoms with Gasteiger partial charge in [0, 0.05) is 18.7 Å². The van der Waals surface area contributed by atoms with Crippen LogP contribution in [0.2, 0.25) is 0 Å². The predicted octanol–water partition coefficient (Wildman–Crippen LogP) is 3.50. The van der Waals surface area contributed by atoms with Crippen molar-refractivity contribution >= 4 is 17.5 Å². The first-order chi connectivity index (χ1) is 11.7. The lowest BCUT2D eigenvalue weighted by Crippen LogP contribution is -2.24. The monoisotopic (exact) mass is 324 g/mol. The van der Waals surface area contributed by atoms with Crippen LogP contribution >= 0.6 is 0 Å². The van der Waals surface area contributed by atoms with E-state index in [9.17, 15) is 9.59 Å². The van der Waals surface area contributed by atoms with Crippen LogP contribution in [0.25, 0.3) is 0 Å². The number of carbonyl (C=O) groups is 2. The third kappa shape index (κ3) is 4.35. The first kappa shape index (κ1) is 16.1. The van der Waals surface area contributed by atoms with Gasteiger partial charge < -0.3 is 15.1 Å². The summed E-state index contributed by atoms with van der Waals surface area (Å²) >= 11 is 0. The third-order valence-electron chi connectivity index (χ3n) is 4.01. The molecule has 0 bridgehead atoms. The van der Waals surface area contributed by atoms with Crippen LogP contribution in [0.5, 0.6) is 0 Å². The van der Waals surface area contributed by atoms with E-state index in [4.69, 9.17) is 4.42 Å². The van der Waals surface area contributed by atoms with Gasteiger partial charge in [-0.05, 0) is 48.6 Å². The van der Waals surface area contributed by atoms with Crippen LogP contribution in [0, 0.1) is 5.92 Å². The van der Waals surface area contributed by atoms with Crippen molar-refractivity contribution in [1.82, 2.24) is 5.32 Å². The summed E-state index contributed by atoms with van der Waals surface area (Å²) in [5.74, 6) is 0.434. The number of anilines is 1. The highest BCUT2D eigenvalue weighted by Crippen LogP contribution is 2.20. The molecule has 0 saturated heterocycles. The van der Waals surface area contributed by atoms with Crippen molar-refractivity contribution in [2.24, 2.45) is 5.92 Å². The minimum atomic E-state index is -0.286. The van der Waals surface area contributed by atoms with E-state index in [0.717, 1.165) is 18.4 Å². The lowest BCUT2D eigenvalue weighted by atomic mass is 10.1. The van der Waals surface area contributed by atoms with Crippen molar-refractivity contribution in [3.8, 4) is 0 Å². The molecule has 24 heavy (non-hydrogen) atoms. The van der Waals surface area contributed by atoms with Gasteiger partial charge in [0.25, 0.3) is 5.91 Å². The summed E-state index contributed by atoms with van der Waals surface area (Å²) in [6, 6.07) is 10.7. The van der Waals surface area contributed by atoms with Gasteiger partial charge >= 0.3 is 0 Å². The van der Waals surface area contributed by atoms with Crippen LogP contribution in [-0.2, 0) is 11.3 Å². The zero-order chi connectivity index (χ0) is 16.8. The number of rotatable bonds is 6. The summed E-state index contributed by atoms with van der Waals surface area (Å²) < 4.78 is 5.05. The predicted molar refractivity (Wildman–Crippen MR) is 91.4 cm³/mol. The first-order valence-corrected chi connectivity index (χ1v) is 8.08. The molecule has 3 rings (SSSR count). The van der Waals surface area contributed by atoms with Gasteiger partial charge in [-0.2, -0.15) is 0 Å². The zero-order valence-electron chi connectivity index (χ0n) is 13.3. The maximum atomic E-state index is 11.9. The van der Waals surface area contributed by atoms with E-state index in [1.807, 2.05) is 24.3 Å². The maximum absolute atomic E-state index is 11.9. The molecule has 0 radical (unpaired) electrons. The average Bonchev–Trinajstić information content (AvgIpc) is 3.28. The first-order valence-electron chi connectivity index (χ1n) is 8.08. The van der Waals surface area contributed by atoms with Gasteiger partial charge in [-0.3, -0.25) is 9.59 Å². The van der Waals surface area contributed by atoms with E-state index in [1.54, 1.807) is 12.1 Å². The Morgan fingerprint density at radius 2 is 2.00 bits per heavy atom. The fourth-order valence-corrected chi connectivity index (χ4v) is 2.68. The number of hydrogen-bond donors (Lipinski definition) is 2.